The minimum absolute atomic E-state index is 0. The molecular formula is C23H34FIN6S. The number of aromatic nitrogens is 1. The van der Waals surface area contributed by atoms with E-state index in [0.29, 0.717) is 5.69 Å². The van der Waals surface area contributed by atoms with Crippen molar-refractivity contribution in [2.24, 2.45) is 4.99 Å². The van der Waals surface area contributed by atoms with Gasteiger partial charge in [0, 0.05) is 57.6 Å². The lowest BCUT2D eigenvalue weighted by atomic mass is 10.0. The normalized spacial score (nSPS) is 19.1. The Labute approximate surface area is 211 Å². The van der Waals surface area contributed by atoms with Crippen LogP contribution in [0, 0.1) is 12.7 Å². The zero-order chi connectivity index (χ0) is 21.6. The summed E-state index contributed by atoms with van der Waals surface area (Å²) in [5.41, 5.74) is 2.92. The minimum atomic E-state index is -0.148. The van der Waals surface area contributed by atoms with E-state index in [-0.39, 0.29) is 35.8 Å². The van der Waals surface area contributed by atoms with Gasteiger partial charge in [-0.25, -0.2) is 9.37 Å². The summed E-state index contributed by atoms with van der Waals surface area (Å²) in [7, 11) is 1.80. The average molecular weight is 573 g/mol. The fourth-order valence-corrected chi connectivity index (χ4v) is 5.25. The highest BCUT2D eigenvalue weighted by atomic mass is 127. The van der Waals surface area contributed by atoms with E-state index in [1.165, 1.54) is 12.8 Å². The van der Waals surface area contributed by atoms with Gasteiger partial charge in [-0.2, -0.15) is 0 Å². The van der Waals surface area contributed by atoms with Crippen molar-refractivity contribution in [2.75, 3.05) is 49.6 Å². The van der Waals surface area contributed by atoms with Crippen molar-refractivity contribution >= 4 is 52.1 Å². The van der Waals surface area contributed by atoms with Crippen molar-refractivity contribution < 1.29 is 4.39 Å². The molecule has 2 aliphatic heterocycles. The van der Waals surface area contributed by atoms with Gasteiger partial charge in [-0.15, -0.1) is 35.3 Å². The van der Waals surface area contributed by atoms with Gasteiger partial charge in [0.2, 0.25) is 0 Å². The van der Waals surface area contributed by atoms with Crippen molar-refractivity contribution in [3.05, 3.63) is 40.7 Å². The number of hydrogen-bond acceptors (Lipinski definition) is 5. The standard InChI is InChI=1S/C23H33FN6S.HI/c1-17-7-8-20(24)21(14-17)30-13-5-6-18(15-30)27-22(25-2)26-10-9-19-16-31-23(28-19)29-11-3-4-12-29;/h7-8,14,16,18H,3-6,9-13,15H2,1-2H3,(H2,25,26,27);1H. The third-order valence-electron chi connectivity index (χ3n) is 6.02. The van der Waals surface area contributed by atoms with Gasteiger partial charge in [0.1, 0.15) is 5.82 Å². The second kappa shape index (κ2) is 12.0. The summed E-state index contributed by atoms with van der Waals surface area (Å²) >= 11 is 1.75. The summed E-state index contributed by atoms with van der Waals surface area (Å²) in [6.07, 6.45) is 5.49. The van der Waals surface area contributed by atoms with Gasteiger partial charge in [0.05, 0.1) is 11.4 Å². The number of nitrogens with zero attached hydrogens (tertiary/aromatic N) is 4. The second-order valence-corrected chi connectivity index (χ2v) is 9.29. The Morgan fingerprint density at radius 1 is 1.22 bits per heavy atom. The maximum Gasteiger partial charge on any atom is 0.191 e. The fraction of sp³-hybridized carbons (Fsp3) is 0.565. The predicted octanol–water partition coefficient (Wildman–Crippen LogP) is 4.19. The fourth-order valence-electron chi connectivity index (χ4n) is 4.34. The third kappa shape index (κ3) is 6.46. The van der Waals surface area contributed by atoms with E-state index in [4.69, 9.17) is 4.98 Å². The Bertz CT molecular complexity index is 898. The Kier molecular flexibility index (Phi) is 9.39. The van der Waals surface area contributed by atoms with E-state index in [1.54, 1.807) is 24.5 Å². The van der Waals surface area contributed by atoms with Gasteiger partial charge < -0.3 is 20.4 Å². The first-order chi connectivity index (χ1) is 15.1. The molecule has 4 rings (SSSR count). The Balaban J connectivity index is 0.00000289. The number of guanidine groups is 1. The molecule has 2 aromatic rings. The molecule has 9 heteroatoms. The summed E-state index contributed by atoms with van der Waals surface area (Å²) < 4.78 is 14.3. The average Bonchev–Trinajstić information content (AvgIpc) is 3.47. The summed E-state index contributed by atoms with van der Waals surface area (Å²) in [5.74, 6) is 0.650. The van der Waals surface area contributed by atoms with E-state index in [0.717, 1.165) is 74.3 Å². The van der Waals surface area contributed by atoms with Crippen LogP contribution in [0.4, 0.5) is 15.2 Å². The molecule has 3 heterocycles. The van der Waals surface area contributed by atoms with Gasteiger partial charge in [-0.3, -0.25) is 4.99 Å². The van der Waals surface area contributed by atoms with Crippen LogP contribution in [0.5, 0.6) is 0 Å². The lowest BCUT2D eigenvalue weighted by Crippen LogP contribution is -2.51. The minimum Gasteiger partial charge on any atom is -0.367 e. The van der Waals surface area contributed by atoms with Crippen LogP contribution in [-0.4, -0.2) is 56.8 Å². The molecule has 0 radical (unpaired) electrons. The molecule has 1 unspecified atom stereocenters. The molecule has 2 aliphatic rings. The first-order valence-electron chi connectivity index (χ1n) is 11.3. The highest BCUT2D eigenvalue weighted by Crippen LogP contribution is 2.25. The van der Waals surface area contributed by atoms with E-state index in [1.807, 2.05) is 19.1 Å². The van der Waals surface area contributed by atoms with Crippen molar-refractivity contribution in [3.8, 4) is 0 Å². The van der Waals surface area contributed by atoms with E-state index in [9.17, 15) is 4.39 Å². The van der Waals surface area contributed by atoms with Crippen LogP contribution in [0.15, 0.2) is 28.6 Å². The lowest BCUT2D eigenvalue weighted by Gasteiger charge is -2.35. The molecule has 1 aromatic heterocycles. The second-order valence-electron chi connectivity index (χ2n) is 8.45. The SMILES string of the molecule is CN=C(NCCc1csc(N2CCCC2)n1)NC1CCCN(c2cc(C)ccc2F)C1.I. The summed E-state index contributed by atoms with van der Waals surface area (Å²) in [6.45, 7) is 6.70. The van der Waals surface area contributed by atoms with Crippen LogP contribution >= 0.6 is 35.3 Å². The first-order valence-corrected chi connectivity index (χ1v) is 12.2. The van der Waals surface area contributed by atoms with E-state index in [2.05, 4.69) is 30.8 Å². The van der Waals surface area contributed by atoms with Crippen LogP contribution in [-0.2, 0) is 6.42 Å². The van der Waals surface area contributed by atoms with Crippen molar-refractivity contribution in [1.29, 1.82) is 0 Å². The summed E-state index contributed by atoms with van der Waals surface area (Å²) in [4.78, 5) is 13.7. The topological polar surface area (TPSA) is 55.8 Å². The number of thiazole rings is 1. The highest BCUT2D eigenvalue weighted by Gasteiger charge is 2.23. The maximum absolute atomic E-state index is 14.3. The molecule has 2 fully saturated rings. The van der Waals surface area contributed by atoms with Crippen molar-refractivity contribution in [2.45, 2.75) is 45.1 Å². The Morgan fingerprint density at radius 2 is 2.00 bits per heavy atom. The van der Waals surface area contributed by atoms with Gasteiger partial charge in [-0.1, -0.05) is 6.07 Å². The van der Waals surface area contributed by atoms with Gasteiger partial charge >= 0.3 is 0 Å². The van der Waals surface area contributed by atoms with Crippen molar-refractivity contribution in [1.82, 2.24) is 15.6 Å². The van der Waals surface area contributed by atoms with Crippen LogP contribution in [0.3, 0.4) is 0 Å². The molecule has 6 nitrogen and oxygen atoms in total. The number of piperidine rings is 1. The number of aliphatic imine (C=N–C) groups is 1. The molecule has 0 amide bonds. The quantitative estimate of drug-likeness (QED) is 0.309. The molecule has 0 aliphatic carbocycles. The van der Waals surface area contributed by atoms with Crippen LogP contribution < -0.4 is 20.4 Å². The smallest absolute Gasteiger partial charge is 0.191 e. The molecule has 2 N–H and O–H groups in total. The molecule has 1 atom stereocenters. The van der Waals surface area contributed by atoms with Crippen LogP contribution in [0.25, 0.3) is 0 Å². The number of hydrogen-bond donors (Lipinski definition) is 2. The van der Waals surface area contributed by atoms with Gasteiger partial charge in [-0.05, 0) is 50.3 Å². The van der Waals surface area contributed by atoms with Crippen LogP contribution in [0.2, 0.25) is 0 Å². The number of nitrogens with one attached hydrogen (secondary N) is 2. The molecule has 32 heavy (non-hydrogen) atoms. The van der Waals surface area contributed by atoms with Crippen molar-refractivity contribution in [3.63, 3.8) is 0 Å². The first kappa shape index (κ1) is 25.0. The molecule has 2 saturated heterocycles. The zero-order valence-corrected chi connectivity index (χ0v) is 22.1. The lowest BCUT2D eigenvalue weighted by molar-refractivity contribution is 0.463. The van der Waals surface area contributed by atoms with Gasteiger partial charge in [0.15, 0.2) is 11.1 Å². The largest absolute Gasteiger partial charge is 0.367 e. The summed E-state index contributed by atoms with van der Waals surface area (Å²) in [6, 6.07) is 5.56. The molecular weight excluding hydrogens is 538 g/mol. The zero-order valence-electron chi connectivity index (χ0n) is 18.9. The molecule has 0 spiro atoms. The number of anilines is 2. The van der Waals surface area contributed by atoms with E-state index >= 15 is 0 Å². The number of aryl methyl sites for hydroxylation is 1. The predicted molar refractivity (Wildman–Crippen MR) is 144 cm³/mol. The monoisotopic (exact) mass is 572 g/mol. The molecule has 176 valence electrons. The Morgan fingerprint density at radius 3 is 2.78 bits per heavy atom. The Hall–Kier alpha value is -1.62. The number of halogens is 2. The molecule has 1 aromatic carbocycles. The number of rotatable bonds is 6. The third-order valence-corrected chi connectivity index (χ3v) is 6.97. The van der Waals surface area contributed by atoms with Crippen LogP contribution in [0.1, 0.15) is 36.9 Å². The van der Waals surface area contributed by atoms with E-state index < -0.39 is 0 Å². The van der Waals surface area contributed by atoms with Gasteiger partial charge in [0.25, 0.3) is 0 Å². The number of benzene rings is 1. The highest BCUT2D eigenvalue weighted by molar-refractivity contribution is 14.0. The molecule has 0 saturated carbocycles. The molecule has 0 bridgehead atoms. The maximum atomic E-state index is 14.3. The summed E-state index contributed by atoms with van der Waals surface area (Å²) in [5, 5.41) is 10.3.